The minimum atomic E-state index is -0.197. The van der Waals surface area contributed by atoms with Gasteiger partial charge in [-0.3, -0.25) is 4.79 Å². The molecule has 1 aliphatic heterocycles. The number of nitrogens with zero attached hydrogens (tertiary/aromatic N) is 4. The monoisotopic (exact) mass is 422 g/mol. The molecule has 130 valence electrons. The lowest BCUT2D eigenvalue weighted by molar-refractivity contribution is 0.0650. The van der Waals surface area contributed by atoms with Crippen LogP contribution in [0.5, 0.6) is 0 Å². The van der Waals surface area contributed by atoms with Gasteiger partial charge in [0.1, 0.15) is 5.15 Å². The van der Waals surface area contributed by atoms with Crippen molar-refractivity contribution in [3.05, 3.63) is 56.0 Å². The molecular formula is C17H16BrClN4O2. The smallest absolute Gasteiger partial charge is 0.295 e. The van der Waals surface area contributed by atoms with Gasteiger partial charge in [0, 0.05) is 17.7 Å². The fourth-order valence-electron chi connectivity index (χ4n) is 3.09. The summed E-state index contributed by atoms with van der Waals surface area (Å²) in [5, 5.41) is 9.80. The summed E-state index contributed by atoms with van der Waals surface area (Å²) in [6.45, 7) is 1.77. The Kier molecular flexibility index (Phi) is 4.62. The standard InChI is InChI=1S/C17H16BrClN4O2/c18-14-4-2-1-3-11(14)10-22-16(19)13-9-20-23(17(24)15(13)21-22)12-5-7-25-8-6-12/h1-4,9,12H,5-8,10H2. The van der Waals surface area contributed by atoms with Crippen LogP contribution in [0.4, 0.5) is 0 Å². The summed E-state index contributed by atoms with van der Waals surface area (Å²) in [7, 11) is 0. The number of hydrogen-bond acceptors (Lipinski definition) is 4. The van der Waals surface area contributed by atoms with E-state index in [0.29, 0.717) is 35.8 Å². The van der Waals surface area contributed by atoms with Crippen molar-refractivity contribution in [1.82, 2.24) is 19.6 Å². The Bertz CT molecular complexity index is 978. The van der Waals surface area contributed by atoms with Gasteiger partial charge in [-0.1, -0.05) is 45.7 Å². The summed E-state index contributed by atoms with van der Waals surface area (Å²) in [6.07, 6.45) is 3.20. The van der Waals surface area contributed by atoms with Crippen molar-refractivity contribution in [3.63, 3.8) is 0 Å². The van der Waals surface area contributed by atoms with Gasteiger partial charge in [0.15, 0.2) is 5.52 Å². The quantitative estimate of drug-likeness (QED) is 0.648. The fraction of sp³-hybridized carbons (Fsp3) is 0.353. The maximum Gasteiger partial charge on any atom is 0.295 e. The molecule has 0 bridgehead atoms. The van der Waals surface area contributed by atoms with Crippen LogP contribution in [-0.2, 0) is 11.3 Å². The Labute approximate surface area is 157 Å². The molecule has 0 radical (unpaired) electrons. The molecule has 8 heteroatoms. The van der Waals surface area contributed by atoms with Crippen molar-refractivity contribution in [2.75, 3.05) is 13.2 Å². The second-order valence-electron chi connectivity index (χ2n) is 6.04. The summed E-state index contributed by atoms with van der Waals surface area (Å²) in [4.78, 5) is 12.8. The van der Waals surface area contributed by atoms with Gasteiger partial charge in [-0.25, -0.2) is 9.36 Å². The molecule has 2 aromatic heterocycles. The Balaban J connectivity index is 1.75. The van der Waals surface area contributed by atoms with E-state index in [0.717, 1.165) is 22.9 Å². The molecule has 1 saturated heterocycles. The first-order valence-corrected chi connectivity index (χ1v) is 9.27. The molecule has 0 atom stereocenters. The van der Waals surface area contributed by atoms with E-state index >= 15 is 0 Å². The number of rotatable bonds is 3. The fourth-order valence-corrected chi connectivity index (χ4v) is 3.74. The van der Waals surface area contributed by atoms with E-state index in [-0.39, 0.29) is 11.6 Å². The van der Waals surface area contributed by atoms with Crippen LogP contribution < -0.4 is 5.56 Å². The topological polar surface area (TPSA) is 61.9 Å². The van der Waals surface area contributed by atoms with Crippen LogP contribution in [0.2, 0.25) is 5.15 Å². The van der Waals surface area contributed by atoms with Gasteiger partial charge in [-0.15, -0.1) is 0 Å². The van der Waals surface area contributed by atoms with Crippen molar-refractivity contribution in [2.24, 2.45) is 0 Å². The molecule has 0 unspecified atom stereocenters. The number of aromatic nitrogens is 4. The summed E-state index contributed by atoms with van der Waals surface area (Å²) >= 11 is 9.97. The second kappa shape index (κ2) is 6.90. The third-order valence-electron chi connectivity index (χ3n) is 4.46. The highest BCUT2D eigenvalue weighted by atomic mass is 79.9. The number of hydrogen-bond donors (Lipinski definition) is 0. The lowest BCUT2D eigenvalue weighted by Crippen LogP contribution is -2.31. The number of benzene rings is 1. The molecule has 0 aliphatic carbocycles. The summed E-state index contributed by atoms with van der Waals surface area (Å²) in [5.74, 6) is 0. The number of fused-ring (bicyclic) bond motifs is 1. The van der Waals surface area contributed by atoms with Crippen LogP contribution in [0.15, 0.2) is 39.7 Å². The van der Waals surface area contributed by atoms with Gasteiger partial charge >= 0.3 is 0 Å². The molecule has 0 N–H and O–H groups in total. The third-order valence-corrected chi connectivity index (χ3v) is 5.63. The summed E-state index contributed by atoms with van der Waals surface area (Å²) in [5.41, 5.74) is 1.20. The molecular weight excluding hydrogens is 408 g/mol. The lowest BCUT2D eigenvalue weighted by Gasteiger charge is -2.22. The van der Waals surface area contributed by atoms with Gasteiger partial charge in [-0.05, 0) is 24.5 Å². The molecule has 0 amide bonds. The predicted octanol–water partition coefficient (Wildman–Crippen LogP) is 3.41. The molecule has 0 saturated carbocycles. The highest BCUT2D eigenvalue weighted by Crippen LogP contribution is 2.25. The van der Waals surface area contributed by atoms with Crippen molar-refractivity contribution >= 4 is 38.4 Å². The summed E-state index contributed by atoms with van der Waals surface area (Å²) < 4.78 is 9.50. The summed E-state index contributed by atoms with van der Waals surface area (Å²) in [6, 6.07) is 7.91. The maximum absolute atomic E-state index is 12.8. The zero-order chi connectivity index (χ0) is 17.4. The van der Waals surface area contributed by atoms with Crippen LogP contribution in [-0.4, -0.2) is 32.8 Å². The van der Waals surface area contributed by atoms with Crippen molar-refractivity contribution in [2.45, 2.75) is 25.4 Å². The highest BCUT2D eigenvalue weighted by molar-refractivity contribution is 9.10. The Morgan fingerprint density at radius 3 is 2.80 bits per heavy atom. The highest BCUT2D eigenvalue weighted by Gasteiger charge is 2.21. The molecule has 3 aromatic rings. The minimum Gasteiger partial charge on any atom is -0.381 e. The molecule has 1 aromatic carbocycles. The average molecular weight is 424 g/mol. The van der Waals surface area contributed by atoms with Crippen LogP contribution in [0, 0.1) is 0 Å². The van der Waals surface area contributed by atoms with Crippen molar-refractivity contribution in [1.29, 1.82) is 0 Å². The molecule has 1 fully saturated rings. The number of halogens is 2. The van der Waals surface area contributed by atoms with Crippen LogP contribution >= 0.6 is 27.5 Å². The predicted molar refractivity (Wildman–Crippen MR) is 99.1 cm³/mol. The van der Waals surface area contributed by atoms with E-state index < -0.39 is 0 Å². The van der Waals surface area contributed by atoms with E-state index in [2.05, 4.69) is 26.1 Å². The van der Waals surface area contributed by atoms with Gasteiger partial charge in [0.05, 0.1) is 24.2 Å². The van der Waals surface area contributed by atoms with Gasteiger partial charge in [0.25, 0.3) is 5.56 Å². The SMILES string of the molecule is O=c1c2nn(Cc3ccccc3Br)c(Cl)c2cnn1C1CCOCC1. The van der Waals surface area contributed by atoms with Crippen LogP contribution in [0.3, 0.4) is 0 Å². The normalized spacial score (nSPS) is 15.8. The zero-order valence-corrected chi connectivity index (χ0v) is 15.7. The van der Waals surface area contributed by atoms with E-state index in [1.165, 1.54) is 4.68 Å². The molecule has 4 rings (SSSR count). The maximum atomic E-state index is 12.8. The Morgan fingerprint density at radius 1 is 1.28 bits per heavy atom. The molecule has 1 aliphatic rings. The molecule has 3 heterocycles. The van der Waals surface area contributed by atoms with Crippen molar-refractivity contribution in [3.8, 4) is 0 Å². The van der Waals surface area contributed by atoms with Gasteiger partial charge < -0.3 is 4.74 Å². The molecule has 6 nitrogen and oxygen atoms in total. The van der Waals surface area contributed by atoms with Gasteiger partial charge in [-0.2, -0.15) is 10.2 Å². The second-order valence-corrected chi connectivity index (χ2v) is 7.25. The third kappa shape index (κ3) is 3.12. The van der Waals surface area contributed by atoms with Crippen LogP contribution in [0.1, 0.15) is 24.4 Å². The Hall–Kier alpha value is -1.70. The largest absolute Gasteiger partial charge is 0.381 e. The number of ether oxygens (including phenoxy) is 1. The Morgan fingerprint density at radius 2 is 2.04 bits per heavy atom. The molecule has 0 spiro atoms. The average Bonchev–Trinajstić information content (AvgIpc) is 2.95. The minimum absolute atomic E-state index is 0.0536. The van der Waals surface area contributed by atoms with E-state index in [4.69, 9.17) is 16.3 Å². The first-order valence-electron chi connectivity index (χ1n) is 8.10. The van der Waals surface area contributed by atoms with E-state index in [1.54, 1.807) is 10.9 Å². The van der Waals surface area contributed by atoms with E-state index in [1.807, 2.05) is 24.3 Å². The zero-order valence-electron chi connectivity index (χ0n) is 13.4. The lowest BCUT2D eigenvalue weighted by atomic mass is 10.1. The first-order chi connectivity index (χ1) is 12.1. The molecule has 25 heavy (non-hydrogen) atoms. The van der Waals surface area contributed by atoms with Crippen molar-refractivity contribution < 1.29 is 4.74 Å². The van der Waals surface area contributed by atoms with Gasteiger partial charge in [0.2, 0.25) is 0 Å². The van der Waals surface area contributed by atoms with Crippen LogP contribution in [0.25, 0.3) is 10.9 Å². The van der Waals surface area contributed by atoms with E-state index in [9.17, 15) is 4.79 Å². The first kappa shape index (κ1) is 16.8.